The predicted molar refractivity (Wildman–Crippen MR) is 91.4 cm³/mol. The van der Waals surface area contributed by atoms with Crippen LogP contribution in [0.3, 0.4) is 0 Å². The summed E-state index contributed by atoms with van der Waals surface area (Å²) in [5.74, 6) is -1.12. The number of carbonyl (C=O) groups is 3. The zero-order valence-corrected chi connectivity index (χ0v) is 15.5. The summed E-state index contributed by atoms with van der Waals surface area (Å²) < 4.78 is 11.5. The highest BCUT2D eigenvalue weighted by Crippen LogP contribution is 2.48. The maximum atomic E-state index is 12.4. The summed E-state index contributed by atoms with van der Waals surface area (Å²) in [7, 11) is 0. The van der Waals surface area contributed by atoms with Crippen molar-refractivity contribution in [2.75, 3.05) is 0 Å². The molecule has 1 aliphatic heterocycles. The summed E-state index contributed by atoms with van der Waals surface area (Å²) in [6, 6.07) is 0. The van der Waals surface area contributed by atoms with Crippen LogP contribution in [-0.4, -0.2) is 29.9 Å². The van der Waals surface area contributed by atoms with Gasteiger partial charge in [-0.05, 0) is 25.8 Å². The van der Waals surface area contributed by atoms with Gasteiger partial charge >= 0.3 is 11.9 Å². The Morgan fingerprint density at radius 3 is 2.64 bits per heavy atom. The van der Waals surface area contributed by atoms with Crippen molar-refractivity contribution in [2.24, 2.45) is 23.7 Å². The first-order chi connectivity index (χ1) is 11.7. The molecule has 1 heterocycles. The van der Waals surface area contributed by atoms with Crippen LogP contribution in [0, 0.1) is 23.7 Å². The first kappa shape index (κ1) is 17.9. The summed E-state index contributed by atoms with van der Waals surface area (Å²) in [4.78, 5) is 36.9. The molecule has 25 heavy (non-hydrogen) atoms. The van der Waals surface area contributed by atoms with Gasteiger partial charge in [0.2, 0.25) is 0 Å². The molecule has 0 unspecified atom stereocenters. The lowest BCUT2D eigenvalue weighted by Crippen LogP contribution is -2.38. The second-order valence-electron chi connectivity index (χ2n) is 8.02. The van der Waals surface area contributed by atoms with Gasteiger partial charge in [-0.3, -0.25) is 14.4 Å². The largest absolute Gasteiger partial charge is 0.462 e. The number of ether oxygens (including phenoxy) is 2. The topological polar surface area (TPSA) is 69.7 Å². The highest BCUT2D eigenvalue weighted by molar-refractivity contribution is 6.09. The lowest BCUT2D eigenvalue weighted by molar-refractivity contribution is -0.154. The molecule has 5 atom stereocenters. The Morgan fingerprint density at radius 1 is 1.32 bits per heavy atom. The van der Waals surface area contributed by atoms with Crippen molar-refractivity contribution in [1.29, 1.82) is 0 Å². The minimum absolute atomic E-state index is 0.0106. The molecule has 0 aromatic heterocycles. The zero-order valence-electron chi connectivity index (χ0n) is 15.5. The molecule has 1 saturated heterocycles. The van der Waals surface area contributed by atoms with E-state index in [4.69, 9.17) is 9.47 Å². The van der Waals surface area contributed by atoms with Gasteiger partial charge in [-0.1, -0.05) is 31.9 Å². The molecule has 0 aromatic rings. The van der Waals surface area contributed by atoms with Crippen LogP contribution in [0.4, 0.5) is 0 Å². The normalized spacial score (nSPS) is 34.5. The Kier molecular flexibility index (Phi) is 4.60. The third-order valence-electron chi connectivity index (χ3n) is 5.59. The van der Waals surface area contributed by atoms with Gasteiger partial charge in [0.05, 0.1) is 5.92 Å². The fourth-order valence-electron chi connectivity index (χ4n) is 4.46. The molecule has 0 spiro atoms. The molecule has 0 aromatic carbocycles. The highest BCUT2D eigenvalue weighted by atomic mass is 16.6. The van der Waals surface area contributed by atoms with E-state index in [1.165, 1.54) is 0 Å². The Labute approximate surface area is 148 Å². The molecule has 5 nitrogen and oxygen atoms in total. The van der Waals surface area contributed by atoms with Gasteiger partial charge in [0, 0.05) is 30.3 Å². The number of rotatable bonds is 3. The van der Waals surface area contributed by atoms with Crippen LogP contribution < -0.4 is 0 Å². The Balaban J connectivity index is 1.97. The van der Waals surface area contributed by atoms with Crippen LogP contribution in [0.2, 0.25) is 0 Å². The number of hydrogen-bond acceptors (Lipinski definition) is 5. The molecule has 3 rings (SSSR count). The number of hydrogen-bond donors (Lipinski definition) is 0. The molecule has 5 heteroatoms. The van der Waals surface area contributed by atoms with Crippen LogP contribution in [0.5, 0.6) is 0 Å². The van der Waals surface area contributed by atoms with Crippen LogP contribution in [0.25, 0.3) is 0 Å². The van der Waals surface area contributed by atoms with Gasteiger partial charge in [-0.25, -0.2) is 0 Å². The summed E-state index contributed by atoms with van der Waals surface area (Å²) in [6.07, 6.45) is 1.59. The van der Waals surface area contributed by atoms with Crippen molar-refractivity contribution >= 4 is 17.7 Å². The third kappa shape index (κ3) is 3.05. The molecule has 0 radical (unpaired) electrons. The maximum absolute atomic E-state index is 12.4. The first-order valence-corrected chi connectivity index (χ1v) is 9.02. The van der Waals surface area contributed by atoms with Crippen molar-refractivity contribution in [2.45, 2.75) is 59.7 Å². The van der Waals surface area contributed by atoms with Crippen LogP contribution in [0.15, 0.2) is 22.8 Å². The van der Waals surface area contributed by atoms with Crippen molar-refractivity contribution in [3.8, 4) is 0 Å². The molecule has 136 valence electrons. The van der Waals surface area contributed by atoms with E-state index < -0.39 is 12.2 Å². The van der Waals surface area contributed by atoms with Crippen LogP contribution in [0.1, 0.15) is 47.5 Å². The van der Waals surface area contributed by atoms with E-state index in [0.717, 1.165) is 16.7 Å². The Bertz CT molecular complexity index is 684. The molecule has 3 aliphatic rings. The van der Waals surface area contributed by atoms with Crippen LogP contribution >= 0.6 is 0 Å². The zero-order chi connectivity index (χ0) is 18.5. The molecular formula is C20H26O5. The molecule has 0 saturated carbocycles. The molecule has 0 N–H and O–H groups in total. The fourth-order valence-corrected chi connectivity index (χ4v) is 4.46. The highest BCUT2D eigenvalue weighted by Gasteiger charge is 2.55. The Hall–Kier alpha value is -1.91. The average molecular weight is 346 g/mol. The van der Waals surface area contributed by atoms with E-state index in [2.05, 4.69) is 0 Å². The number of fused-ring (bicyclic) bond motifs is 3. The SMILES string of the molecule is CC1=CC(=O)C2=C(C)C[C@@H](OC(=O)CC(C)C)[C@@H]3[C@@H](OC(=O)[C@@H]3C)[C@H]12. The summed E-state index contributed by atoms with van der Waals surface area (Å²) in [5, 5.41) is 0. The minimum Gasteiger partial charge on any atom is -0.462 e. The molecule has 0 bridgehead atoms. The lowest BCUT2D eigenvalue weighted by Gasteiger charge is -2.29. The second-order valence-corrected chi connectivity index (χ2v) is 8.02. The van der Waals surface area contributed by atoms with E-state index in [9.17, 15) is 14.4 Å². The first-order valence-electron chi connectivity index (χ1n) is 9.02. The standard InChI is InChI=1S/C20H26O5/c1-9(2)6-15(22)24-14-8-11(4)16-13(21)7-10(3)17(16)19-18(14)12(5)20(23)25-19/h7,9,12,14,17-19H,6,8H2,1-5H3/t12-,14-,17-,18-,19+/m1/s1. The smallest absolute Gasteiger partial charge is 0.309 e. The molecule has 1 fully saturated rings. The third-order valence-corrected chi connectivity index (χ3v) is 5.59. The van der Waals surface area contributed by atoms with Gasteiger partial charge in [-0.2, -0.15) is 0 Å². The van der Waals surface area contributed by atoms with E-state index >= 15 is 0 Å². The second kappa shape index (κ2) is 6.43. The van der Waals surface area contributed by atoms with Gasteiger partial charge in [-0.15, -0.1) is 0 Å². The van der Waals surface area contributed by atoms with E-state index in [1.54, 1.807) is 6.08 Å². The summed E-state index contributed by atoms with van der Waals surface area (Å²) in [6.45, 7) is 9.58. The van der Waals surface area contributed by atoms with Gasteiger partial charge < -0.3 is 9.47 Å². The lowest BCUT2D eigenvalue weighted by atomic mass is 9.79. The van der Waals surface area contributed by atoms with Crippen molar-refractivity contribution in [3.63, 3.8) is 0 Å². The molecule has 0 amide bonds. The quantitative estimate of drug-likeness (QED) is 0.735. The van der Waals surface area contributed by atoms with E-state index in [-0.39, 0.29) is 41.4 Å². The van der Waals surface area contributed by atoms with Gasteiger partial charge in [0.25, 0.3) is 0 Å². The predicted octanol–water partition coefficient (Wildman–Crippen LogP) is 2.99. The van der Waals surface area contributed by atoms with Crippen LogP contribution in [-0.2, 0) is 23.9 Å². The minimum atomic E-state index is -0.436. The molecule has 2 aliphatic carbocycles. The Morgan fingerprint density at radius 2 is 2.00 bits per heavy atom. The number of ketones is 1. The van der Waals surface area contributed by atoms with E-state index in [1.807, 2.05) is 34.6 Å². The summed E-state index contributed by atoms with van der Waals surface area (Å²) in [5.41, 5.74) is 2.57. The summed E-state index contributed by atoms with van der Waals surface area (Å²) >= 11 is 0. The number of allylic oxidation sites excluding steroid dienone is 1. The molecular weight excluding hydrogens is 320 g/mol. The van der Waals surface area contributed by atoms with E-state index in [0.29, 0.717) is 12.8 Å². The van der Waals surface area contributed by atoms with Gasteiger partial charge in [0.15, 0.2) is 5.78 Å². The average Bonchev–Trinajstić information content (AvgIpc) is 2.89. The van der Waals surface area contributed by atoms with Crippen molar-refractivity contribution in [3.05, 3.63) is 22.8 Å². The monoisotopic (exact) mass is 346 g/mol. The maximum Gasteiger partial charge on any atom is 0.309 e. The number of carbonyl (C=O) groups excluding carboxylic acids is 3. The van der Waals surface area contributed by atoms with Gasteiger partial charge in [0.1, 0.15) is 12.2 Å². The van der Waals surface area contributed by atoms with Crippen molar-refractivity contribution in [1.82, 2.24) is 0 Å². The number of esters is 2. The fraction of sp³-hybridized carbons (Fsp3) is 0.650. The van der Waals surface area contributed by atoms with Crippen molar-refractivity contribution < 1.29 is 23.9 Å².